The zero-order valence-electron chi connectivity index (χ0n) is 5.69. The van der Waals surface area contributed by atoms with E-state index in [9.17, 15) is 0 Å². The van der Waals surface area contributed by atoms with E-state index in [1.54, 1.807) is 0 Å². The molecule has 0 aliphatic carbocycles. The first-order valence-electron chi connectivity index (χ1n) is 2.91. The minimum Gasteiger partial charge on any atom is -0.362 e. The maximum atomic E-state index is 5.27. The van der Waals surface area contributed by atoms with Crippen LogP contribution >= 0.6 is 0 Å². The molecule has 0 bridgehead atoms. The van der Waals surface area contributed by atoms with Crippen molar-refractivity contribution in [2.24, 2.45) is 0 Å². The molecule has 0 saturated carbocycles. The van der Waals surface area contributed by atoms with Crippen molar-refractivity contribution in [1.82, 2.24) is 0 Å². The molecule has 1 aliphatic heterocycles. The van der Waals surface area contributed by atoms with Gasteiger partial charge in [-0.25, -0.2) is 0 Å². The van der Waals surface area contributed by atoms with Crippen molar-refractivity contribution in [3.8, 4) is 0 Å². The van der Waals surface area contributed by atoms with Gasteiger partial charge in [0, 0.05) is 0 Å². The van der Waals surface area contributed by atoms with Crippen LogP contribution in [-0.4, -0.2) is 11.7 Å². The Kier molecular flexibility index (Phi) is 0.984. The van der Waals surface area contributed by atoms with Crippen LogP contribution in [0.4, 0.5) is 0 Å². The highest BCUT2D eigenvalue weighted by Gasteiger charge is 2.49. The molecule has 0 spiro atoms. The second kappa shape index (κ2) is 1.35. The molecule has 1 rings (SSSR count). The molecule has 8 heavy (non-hydrogen) atoms. The molecular formula is C7H12O. The first-order valence-corrected chi connectivity index (χ1v) is 2.91. The highest BCUT2D eigenvalue weighted by molar-refractivity contribution is 5.19. The number of hydrogen-bond acceptors (Lipinski definition) is 1. The summed E-state index contributed by atoms with van der Waals surface area (Å²) in [6.07, 6.45) is 0.389. The van der Waals surface area contributed by atoms with Crippen molar-refractivity contribution in [3.05, 3.63) is 12.2 Å². The summed E-state index contributed by atoms with van der Waals surface area (Å²) < 4.78 is 5.27. The Bertz CT molecular complexity index is 128. The van der Waals surface area contributed by atoms with Gasteiger partial charge >= 0.3 is 0 Å². The van der Waals surface area contributed by atoms with Crippen LogP contribution in [0.25, 0.3) is 0 Å². The van der Waals surface area contributed by atoms with Gasteiger partial charge in [0.2, 0.25) is 0 Å². The summed E-state index contributed by atoms with van der Waals surface area (Å²) in [5, 5.41) is 0. The average Bonchev–Trinajstić information content (AvgIpc) is 2.17. The van der Waals surface area contributed by atoms with Crippen LogP contribution in [0.15, 0.2) is 12.2 Å². The second-order valence-electron chi connectivity index (χ2n) is 2.65. The van der Waals surface area contributed by atoms with E-state index < -0.39 is 0 Å². The van der Waals surface area contributed by atoms with Crippen molar-refractivity contribution >= 4 is 0 Å². The van der Waals surface area contributed by atoms with Gasteiger partial charge in [0.05, 0.1) is 6.10 Å². The first kappa shape index (κ1) is 5.83. The third-order valence-electron chi connectivity index (χ3n) is 1.99. The van der Waals surface area contributed by atoms with E-state index in [1.165, 1.54) is 0 Å². The fourth-order valence-electron chi connectivity index (χ4n) is 0.781. The highest BCUT2D eigenvalue weighted by atomic mass is 16.6. The Morgan fingerprint density at radius 3 is 2.12 bits per heavy atom. The molecule has 0 radical (unpaired) electrons. The van der Waals surface area contributed by atoms with E-state index in [0.717, 1.165) is 5.57 Å². The minimum atomic E-state index is 0.0139. The van der Waals surface area contributed by atoms with Crippen LogP contribution in [0.2, 0.25) is 0 Å². The normalized spacial score (nSPS) is 44.1. The van der Waals surface area contributed by atoms with Crippen LogP contribution in [0.3, 0.4) is 0 Å². The summed E-state index contributed by atoms with van der Waals surface area (Å²) in [7, 11) is 0. The van der Waals surface area contributed by atoms with Crippen LogP contribution in [-0.2, 0) is 4.74 Å². The molecular weight excluding hydrogens is 100 g/mol. The smallest absolute Gasteiger partial charge is 0.112 e. The lowest BCUT2D eigenvalue weighted by Crippen LogP contribution is -2.07. The Morgan fingerprint density at radius 2 is 2.12 bits per heavy atom. The Hall–Kier alpha value is -0.300. The predicted molar refractivity (Wildman–Crippen MR) is 33.8 cm³/mol. The monoisotopic (exact) mass is 112 g/mol. The largest absolute Gasteiger partial charge is 0.362 e. The first-order chi connectivity index (χ1) is 3.57. The number of ether oxygens (including phenoxy) is 1. The lowest BCUT2D eigenvalue weighted by atomic mass is 10.0. The molecule has 1 nitrogen and oxygen atoms in total. The molecule has 0 unspecified atom stereocenters. The molecule has 1 heterocycles. The van der Waals surface area contributed by atoms with E-state index in [1.807, 2.05) is 6.92 Å². The molecule has 0 N–H and O–H groups in total. The van der Waals surface area contributed by atoms with Crippen LogP contribution < -0.4 is 0 Å². The van der Waals surface area contributed by atoms with Gasteiger partial charge in [-0.05, 0) is 26.3 Å². The van der Waals surface area contributed by atoms with Gasteiger partial charge in [-0.3, -0.25) is 0 Å². The fraction of sp³-hybridized carbons (Fsp3) is 0.714. The Morgan fingerprint density at radius 1 is 1.75 bits per heavy atom. The van der Waals surface area contributed by atoms with Crippen molar-refractivity contribution < 1.29 is 4.74 Å². The molecule has 0 aromatic heterocycles. The molecule has 2 atom stereocenters. The van der Waals surface area contributed by atoms with Crippen molar-refractivity contribution in [2.75, 3.05) is 0 Å². The Balaban J connectivity index is 2.60. The van der Waals surface area contributed by atoms with Crippen LogP contribution in [0, 0.1) is 0 Å². The molecule has 46 valence electrons. The SMILES string of the molecule is C=C(C)[C@@]1(C)O[C@@H]1C. The van der Waals surface area contributed by atoms with Crippen LogP contribution in [0.5, 0.6) is 0 Å². The van der Waals surface area contributed by atoms with Gasteiger partial charge in [0.15, 0.2) is 0 Å². The fourth-order valence-corrected chi connectivity index (χ4v) is 0.781. The van der Waals surface area contributed by atoms with Gasteiger partial charge in [0.1, 0.15) is 5.60 Å². The van der Waals surface area contributed by atoms with Gasteiger partial charge in [-0.15, -0.1) is 0 Å². The lowest BCUT2D eigenvalue weighted by Gasteiger charge is -2.00. The molecule has 1 fully saturated rings. The van der Waals surface area contributed by atoms with E-state index in [2.05, 4.69) is 20.4 Å². The standard InChI is InChI=1S/C7H12O/c1-5(2)7(4)6(3)8-7/h6H,1H2,2-4H3/t6-,7-/m1/s1. The summed E-state index contributed by atoms with van der Waals surface area (Å²) in [6.45, 7) is 9.95. The summed E-state index contributed by atoms with van der Waals surface area (Å²) in [5.74, 6) is 0. The van der Waals surface area contributed by atoms with Gasteiger partial charge in [-0.2, -0.15) is 0 Å². The third-order valence-corrected chi connectivity index (χ3v) is 1.99. The zero-order valence-corrected chi connectivity index (χ0v) is 5.69. The second-order valence-corrected chi connectivity index (χ2v) is 2.65. The number of epoxide rings is 1. The molecule has 1 saturated heterocycles. The number of rotatable bonds is 1. The summed E-state index contributed by atoms with van der Waals surface area (Å²) in [5.41, 5.74) is 1.14. The topological polar surface area (TPSA) is 12.5 Å². The Labute approximate surface area is 50.3 Å². The quantitative estimate of drug-likeness (QED) is 0.372. The van der Waals surface area contributed by atoms with Crippen molar-refractivity contribution in [1.29, 1.82) is 0 Å². The van der Waals surface area contributed by atoms with Gasteiger partial charge < -0.3 is 4.74 Å². The molecule has 0 amide bonds. The lowest BCUT2D eigenvalue weighted by molar-refractivity contribution is 0.340. The maximum absolute atomic E-state index is 5.27. The van der Waals surface area contributed by atoms with E-state index in [-0.39, 0.29) is 5.60 Å². The van der Waals surface area contributed by atoms with Crippen molar-refractivity contribution in [2.45, 2.75) is 32.5 Å². The van der Waals surface area contributed by atoms with E-state index in [4.69, 9.17) is 4.74 Å². The van der Waals surface area contributed by atoms with Gasteiger partial charge in [-0.1, -0.05) is 6.58 Å². The molecule has 1 heteroatoms. The van der Waals surface area contributed by atoms with Crippen molar-refractivity contribution in [3.63, 3.8) is 0 Å². The average molecular weight is 112 g/mol. The zero-order chi connectivity index (χ0) is 6.36. The highest BCUT2D eigenvalue weighted by Crippen LogP contribution is 2.40. The molecule has 0 aromatic carbocycles. The van der Waals surface area contributed by atoms with Gasteiger partial charge in [0.25, 0.3) is 0 Å². The predicted octanol–water partition coefficient (Wildman–Crippen LogP) is 1.74. The van der Waals surface area contributed by atoms with E-state index >= 15 is 0 Å². The number of hydrogen-bond donors (Lipinski definition) is 0. The van der Waals surface area contributed by atoms with Crippen LogP contribution in [0.1, 0.15) is 20.8 Å². The summed E-state index contributed by atoms with van der Waals surface area (Å²) in [6, 6.07) is 0. The third kappa shape index (κ3) is 0.583. The summed E-state index contributed by atoms with van der Waals surface area (Å²) >= 11 is 0. The van der Waals surface area contributed by atoms with E-state index in [0.29, 0.717) is 6.10 Å². The summed E-state index contributed by atoms with van der Waals surface area (Å²) in [4.78, 5) is 0. The molecule has 0 aromatic rings. The maximum Gasteiger partial charge on any atom is 0.112 e. The minimum absolute atomic E-state index is 0.0139. The molecule has 1 aliphatic rings.